The Balaban J connectivity index is 1.74. The first-order chi connectivity index (χ1) is 13.1. The van der Waals surface area contributed by atoms with Crippen molar-refractivity contribution in [1.29, 1.82) is 0 Å². The molecule has 0 fully saturated rings. The van der Waals surface area contributed by atoms with E-state index in [2.05, 4.69) is 4.98 Å². The topological polar surface area (TPSA) is 78.0 Å². The van der Waals surface area contributed by atoms with Crippen molar-refractivity contribution in [2.75, 3.05) is 11.3 Å². The summed E-state index contributed by atoms with van der Waals surface area (Å²) in [5.74, 6) is 0.774. The van der Waals surface area contributed by atoms with Crippen molar-refractivity contribution in [2.45, 2.75) is 4.90 Å². The third kappa shape index (κ3) is 3.42. The van der Waals surface area contributed by atoms with E-state index in [0.29, 0.717) is 10.8 Å². The number of hydrogen-bond acceptors (Lipinski definition) is 6. The van der Waals surface area contributed by atoms with Crippen LogP contribution in [-0.2, 0) is 14.9 Å². The molecular formula is C18H13ClN2O5S. The van der Waals surface area contributed by atoms with Crippen molar-refractivity contribution in [1.82, 2.24) is 4.98 Å². The second-order valence-corrected chi connectivity index (χ2v) is 7.61. The molecule has 4 rings (SSSR count). The standard InChI is InChI=1S/C18H13ClN2O5S/c19-13-7-9-14(10-8-13)26-16-5-1-2-6-17(16)27(22,23)21-15-4-3-11-20-18(15)24-12-25-21/h1-11H,12H2. The molecule has 0 unspecified atom stereocenters. The van der Waals surface area contributed by atoms with Gasteiger partial charge in [-0.05, 0) is 48.5 Å². The van der Waals surface area contributed by atoms with Gasteiger partial charge in [0.2, 0.25) is 12.7 Å². The van der Waals surface area contributed by atoms with Gasteiger partial charge in [-0.2, -0.15) is 8.42 Å². The predicted octanol–water partition coefficient (Wildman–Crippen LogP) is 4.00. The van der Waals surface area contributed by atoms with E-state index >= 15 is 0 Å². The fourth-order valence-electron chi connectivity index (χ4n) is 2.50. The van der Waals surface area contributed by atoms with Crippen LogP contribution in [0.5, 0.6) is 17.4 Å². The minimum absolute atomic E-state index is 0.0587. The number of rotatable bonds is 4. The molecule has 0 saturated carbocycles. The molecule has 2 aromatic carbocycles. The van der Waals surface area contributed by atoms with Crippen LogP contribution in [0.1, 0.15) is 0 Å². The molecule has 0 bridgehead atoms. The van der Waals surface area contributed by atoms with Crippen LogP contribution in [0.4, 0.5) is 5.69 Å². The normalized spacial score (nSPS) is 13.6. The van der Waals surface area contributed by atoms with E-state index in [0.717, 1.165) is 4.47 Å². The van der Waals surface area contributed by atoms with Gasteiger partial charge in [-0.3, -0.25) is 0 Å². The van der Waals surface area contributed by atoms with Crippen molar-refractivity contribution < 1.29 is 22.7 Å². The van der Waals surface area contributed by atoms with Crippen molar-refractivity contribution in [2.24, 2.45) is 0 Å². The van der Waals surface area contributed by atoms with Gasteiger partial charge in [-0.1, -0.05) is 23.7 Å². The summed E-state index contributed by atoms with van der Waals surface area (Å²) in [4.78, 5) is 9.22. The second kappa shape index (κ2) is 7.07. The molecule has 2 heterocycles. The first kappa shape index (κ1) is 17.6. The first-order valence-corrected chi connectivity index (χ1v) is 9.66. The number of nitrogens with zero attached hydrogens (tertiary/aromatic N) is 2. The van der Waals surface area contributed by atoms with Gasteiger partial charge in [0.25, 0.3) is 10.0 Å². The Morgan fingerprint density at radius 1 is 1.04 bits per heavy atom. The summed E-state index contributed by atoms with van der Waals surface area (Å²) < 4.78 is 38.3. The first-order valence-electron chi connectivity index (χ1n) is 7.84. The number of hydrogen-bond donors (Lipinski definition) is 0. The maximum absolute atomic E-state index is 13.2. The molecule has 27 heavy (non-hydrogen) atoms. The second-order valence-electron chi connectivity index (χ2n) is 5.45. The lowest BCUT2D eigenvalue weighted by Gasteiger charge is -2.28. The largest absolute Gasteiger partial charge is 0.456 e. The molecule has 9 heteroatoms. The Kier molecular flexibility index (Phi) is 4.61. The summed E-state index contributed by atoms with van der Waals surface area (Å²) in [6.07, 6.45) is 1.51. The maximum Gasteiger partial charge on any atom is 0.290 e. The number of ether oxygens (including phenoxy) is 2. The van der Waals surface area contributed by atoms with Crippen molar-refractivity contribution in [3.8, 4) is 17.4 Å². The number of fused-ring (bicyclic) bond motifs is 1. The number of sulfonamides is 1. The van der Waals surface area contributed by atoms with Gasteiger partial charge in [-0.15, -0.1) is 4.47 Å². The number of pyridine rings is 1. The fourth-order valence-corrected chi connectivity index (χ4v) is 4.00. The predicted molar refractivity (Wildman–Crippen MR) is 98.4 cm³/mol. The Morgan fingerprint density at radius 2 is 1.81 bits per heavy atom. The molecule has 0 saturated heterocycles. The van der Waals surface area contributed by atoms with E-state index in [1.807, 2.05) is 0 Å². The van der Waals surface area contributed by atoms with E-state index in [9.17, 15) is 8.42 Å². The molecule has 0 radical (unpaired) electrons. The van der Waals surface area contributed by atoms with E-state index < -0.39 is 10.0 Å². The number of anilines is 1. The van der Waals surface area contributed by atoms with Crippen molar-refractivity contribution >= 4 is 27.3 Å². The Labute approximate surface area is 160 Å². The Hall–Kier alpha value is -2.81. The molecule has 0 aliphatic carbocycles. The molecule has 1 aromatic heterocycles. The van der Waals surface area contributed by atoms with Gasteiger partial charge in [0.05, 0.1) is 0 Å². The van der Waals surface area contributed by atoms with E-state index in [1.165, 1.54) is 12.3 Å². The summed E-state index contributed by atoms with van der Waals surface area (Å²) in [7, 11) is -4.09. The number of para-hydroxylation sites is 1. The van der Waals surface area contributed by atoms with Gasteiger partial charge >= 0.3 is 0 Å². The highest BCUT2D eigenvalue weighted by molar-refractivity contribution is 7.92. The molecule has 0 spiro atoms. The van der Waals surface area contributed by atoms with Crippen LogP contribution in [0.25, 0.3) is 0 Å². The van der Waals surface area contributed by atoms with Gasteiger partial charge < -0.3 is 9.47 Å². The zero-order chi connectivity index (χ0) is 18.9. The number of aromatic nitrogens is 1. The van der Waals surface area contributed by atoms with Crippen LogP contribution in [0.15, 0.2) is 71.8 Å². The van der Waals surface area contributed by atoms with Crippen molar-refractivity contribution in [3.05, 3.63) is 71.9 Å². The van der Waals surface area contributed by atoms with Crippen LogP contribution in [-0.4, -0.2) is 20.2 Å². The monoisotopic (exact) mass is 404 g/mol. The third-order valence-electron chi connectivity index (χ3n) is 3.70. The van der Waals surface area contributed by atoms with E-state index in [-0.39, 0.29) is 29.0 Å². The molecule has 0 atom stereocenters. The van der Waals surface area contributed by atoms with Crippen LogP contribution >= 0.6 is 11.6 Å². The lowest BCUT2D eigenvalue weighted by atomic mass is 10.3. The molecule has 0 amide bonds. The summed E-state index contributed by atoms with van der Waals surface area (Å²) in [6.45, 7) is -0.274. The highest BCUT2D eigenvalue weighted by atomic mass is 35.5. The molecule has 3 aromatic rings. The number of halogens is 1. The van der Waals surface area contributed by atoms with Gasteiger partial charge in [0.1, 0.15) is 22.1 Å². The Morgan fingerprint density at radius 3 is 2.63 bits per heavy atom. The lowest BCUT2D eigenvalue weighted by Crippen LogP contribution is -2.36. The highest BCUT2D eigenvalue weighted by Gasteiger charge is 2.34. The molecular weight excluding hydrogens is 392 g/mol. The summed E-state index contributed by atoms with van der Waals surface area (Å²) in [5, 5.41) is 0.550. The van der Waals surface area contributed by atoms with E-state index in [1.54, 1.807) is 54.6 Å². The molecule has 0 N–H and O–H groups in total. The quantitative estimate of drug-likeness (QED) is 0.654. The van der Waals surface area contributed by atoms with Crippen LogP contribution in [0.2, 0.25) is 5.02 Å². The SMILES string of the molecule is O=S(=O)(c1ccccc1Oc1ccc(Cl)cc1)N1OCOc2ncccc21. The average Bonchev–Trinajstić information content (AvgIpc) is 2.69. The molecule has 1 aliphatic heterocycles. The van der Waals surface area contributed by atoms with Crippen LogP contribution < -0.4 is 13.9 Å². The fraction of sp³-hybridized carbons (Fsp3) is 0.0556. The Bertz CT molecular complexity index is 1070. The smallest absolute Gasteiger partial charge is 0.290 e. The van der Waals surface area contributed by atoms with Crippen molar-refractivity contribution in [3.63, 3.8) is 0 Å². The van der Waals surface area contributed by atoms with E-state index in [4.69, 9.17) is 25.9 Å². The minimum atomic E-state index is -4.09. The zero-order valence-corrected chi connectivity index (χ0v) is 15.4. The zero-order valence-electron chi connectivity index (χ0n) is 13.8. The van der Waals surface area contributed by atoms with Gasteiger partial charge in [-0.25, -0.2) is 9.82 Å². The molecule has 1 aliphatic rings. The van der Waals surface area contributed by atoms with Gasteiger partial charge in [0.15, 0.2) is 0 Å². The highest BCUT2D eigenvalue weighted by Crippen LogP contribution is 2.37. The summed E-state index contributed by atoms with van der Waals surface area (Å²) in [6, 6.07) is 16.0. The molecule has 7 nitrogen and oxygen atoms in total. The number of benzene rings is 2. The third-order valence-corrected chi connectivity index (χ3v) is 5.58. The van der Waals surface area contributed by atoms with Gasteiger partial charge in [0, 0.05) is 11.2 Å². The van der Waals surface area contributed by atoms with Crippen LogP contribution in [0.3, 0.4) is 0 Å². The summed E-state index contributed by atoms with van der Waals surface area (Å²) in [5.41, 5.74) is 0.185. The molecule has 138 valence electrons. The summed E-state index contributed by atoms with van der Waals surface area (Å²) >= 11 is 5.88. The minimum Gasteiger partial charge on any atom is -0.456 e. The lowest BCUT2D eigenvalue weighted by molar-refractivity contribution is 0.00323. The maximum atomic E-state index is 13.2. The van der Waals surface area contributed by atoms with Crippen LogP contribution in [0, 0.1) is 0 Å². The average molecular weight is 405 g/mol.